The zero-order valence-corrected chi connectivity index (χ0v) is 16.9. The van der Waals surface area contributed by atoms with Crippen LogP contribution >= 0.6 is 0 Å². The second-order valence-electron chi connectivity index (χ2n) is 8.80. The third-order valence-corrected chi connectivity index (χ3v) is 7.27. The fourth-order valence-corrected chi connectivity index (χ4v) is 5.88. The van der Waals surface area contributed by atoms with Gasteiger partial charge in [0.1, 0.15) is 0 Å². The average Bonchev–Trinajstić information content (AvgIpc) is 3.15. The fraction of sp³-hybridized carbons (Fsp3) is 0. The van der Waals surface area contributed by atoms with Crippen molar-refractivity contribution in [3.8, 4) is 22.3 Å². The highest BCUT2D eigenvalue weighted by atomic mass is 16.1. The third kappa shape index (κ3) is 1.75. The Morgan fingerprint density at radius 2 is 0.938 bits per heavy atom. The van der Waals surface area contributed by atoms with Crippen LogP contribution < -0.4 is 0 Å². The summed E-state index contributed by atoms with van der Waals surface area (Å²) in [6, 6.07) is 28.4. The summed E-state index contributed by atoms with van der Waals surface area (Å²) in [7, 11) is 0. The van der Waals surface area contributed by atoms with Gasteiger partial charge >= 0.3 is 0 Å². The molecule has 0 saturated carbocycles. The summed E-state index contributed by atoms with van der Waals surface area (Å²) in [5.41, 5.74) is 6.38. The van der Waals surface area contributed by atoms with Crippen molar-refractivity contribution in [2.24, 2.45) is 0 Å². The first-order valence-electron chi connectivity index (χ1n) is 10.8. The summed E-state index contributed by atoms with van der Waals surface area (Å²) in [5, 5.41) is 7.42. The van der Waals surface area contributed by atoms with Crippen molar-refractivity contribution < 1.29 is 9.59 Å². The van der Waals surface area contributed by atoms with Crippen molar-refractivity contribution in [1.29, 1.82) is 0 Å². The predicted molar refractivity (Wildman–Crippen MR) is 128 cm³/mol. The minimum Gasteiger partial charge on any atom is -0.289 e. The molecule has 0 N–H and O–H groups in total. The lowest BCUT2D eigenvalue weighted by Gasteiger charge is -2.19. The maximum Gasteiger partial charge on any atom is 0.194 e. The predicted octanol–water partition coefficient (Wildman–Crippen LogP) is 7.01. The monoisotopic (exact) mass is 406 g/mol. The molecule has 2 aliphatic carbocycles. The molecule has 0 aromatic heterocycles. The summed E-state index contributed by atoms with van der Waals surface area (Å²) < 4.78 is 0. The van der Waals surface area contributed by atoms with Crippen LogP contribution in [0.4, 0.5) is 0 Å². The van der Waals surface area contributed by atoms with E-state index >= 15 is 0 Å². The van der Waals surface area contributed by atoms with Gasteiger partial charge in [-0.3, -0.25) is 9.59 Å². The van der Waals surface area contributed by atoms with Crippen molar-refractivity contribution in [2.75, 3.05) is 0 Å². The van der Waals surface area contributed by atoms with E-state index in [4.69, 9.17) is 0 Å². The summed E-state index contributed by atoms with van der Waals surface area (Å²) in [4.78, 5) is 26.6. The van der Waals surface area contributed by atoms with E-state index in [1.807, 2.05) is 24.3 Å². The van der Waals surface area contributed by atoms with Crippen LogP contribution in [0.5, 0.6) is 0 Å². The molecule has 6 aromatic rings. The quantitative estimate of drug-likeness (QED) is 0.254. The van der Waals surface area contributed by atoms with Gasteiger partial charge in [-0.2, -0.15) is 0 Å². The number of rotatable bonds is 0. The van der Waals surface area contributed by atoms with Crippen molar-refractivity contribution in [2.45, 2.75) is 0 Å². The van der Waals surface area contributed by atoms with Gasteiger partial charge in [0.15, 0.2) is 11.6 Å². The van der Waals surface area contributed by atoms with Crippen LogP contribution in [0.1, 0.15) is 31.8 Å². The van der Waals surface area contributed by atoms with Gasteiger partial charge in [-0.05, 0) is 72.8 Å². The summed E-state index contributed by atoms with van der Waals surface area (Å²) in [5.74, 6) is -0.142. The first-order valence-corrected chi connectivity index (χ1v) is 10.8. The molecule has 6 aromatic carbocycles. The Morgan fingerprint density at radius 1 is 0.344 bits per heavy atom. The molecule has 0 heterocycles. The molecular formula is C30H14O2. The SMILES string of the molecule is O=C1c2ccccc2C(=O)c2cc3c(cc21)-c1ccc2ccc4cccc5cc-3c1c2c45. The highest BCUT2D eigenvalue weighted by Gasteiger charge is 2.33. The van der Waals surface area contributed by atoms with Crippen molar-refractivity contribution >= 4 is 43.9 Å². The van der Waals surface area contributed by atoms with E-state index in [0.717, 1.165) is 22.3 Å². The molecular weight excluding hydrogens is 392 g/mol. The minimum atomic E-state index is -0.0713. The molecule has 8 rings (SSSR count). The van der Waals surface area contributed by atoms with Crippen LogP contribution in [0.25, 0.3) is 54.6 Å². The number of benzene rings is 6. The first-order chi connectivity index (χ1) is 15.7. The van der Waals surface area contributed by atoms with Gasteiger partial charge in [-0.1, -0.05) is 66.7 Å². The molecule has 0 fully saturated rings. The van der Waals surface area contributed by atoms with Gasteiger partial charge in [0, 0.05) is 22.3 Å². The molecule has 0 unspecified atom stereocenters. The van der Waals surface area contributed by atoms with Crippen molar-refractivity contribution in [3.05, 3.63) is 107 Å². The number of carbonyl (C=O) groups is 2. The highest BCUT2D eigenvalue weighted by Crippen LogP contribution is 2.52. The van der Waals surface area contributed by atoms with Gasteiger partial charge in [0.25, 0.3) is 0 Å². The maximum absolute atomic E-state index is 13.3. The van der Waals surface area contributed by atoms with Gasteiger partial charge < -0.3 is 0 Å². The molecule has 0 atom stereocenters. The Hall–Kier alpha value is -4.30. The summed E-state index contributed by atoms with van der Waals surface area (Å²) in [6.07, 6.45) is 0. The van der Waals surface area contributed by atoms with E-state index in [1.54, 1.807) is 12.1 Å². The highest BCUT2D eigenvalue weighted by molar-refractivity contribution is 6.34. The molecule has 0 saturated heterocycles. The molecule has 2 nitrogen and oxygen atoms in total. The number of fused-ring (bicyclic) bond motifs is 5. The topological polar surface area (TPSA) is 34.1 Å². The van der Waals surface area contributed by atoms with E-state index in [1.165, 1.54) is 32.3 Å². The molecule has 0 radical (unpaired) electrons. The molecule has 146 valence electrons. The van der Waals surface area contributed by atoms with Crippen LogP contribution in [0, 0.1) is 0 Å². The van der Waals surface area contributed by atoms with Crippen molar-refractivity contribution in [3.63, 3.8) is 0 Å². The van der Waals surface area contributed by atoms with Gasteiger partial charge in [-0.25, -0.2) is 0 Å². The van der Waals surface area contributed by atoms with Crippen LogP contribution in [-0.2, 0) is 0 Å². The number of ketones is 2. The Morgan fingerprint density at radius 3 is 1.66 bits per heavy atom. The summed E-state index contributed by atoms with van der Waals surface area (Å²) >= 11 is 0. The third-order valence-electron chi connectivity index (χ3n) is 7.27. The largest absolute Gasteiger partial charge is 0.289 e. The first kappa shape index (κ1) is 16.4. The van der Waals surface area contributed by atoms with Crippen LogP contribution in [0.15, 0.2) is 84.9 Å². The zero-order valence-electron chi connectivity index (χ0n) is 16.9. The number of carbonyl (C=O) groups excluding carboxylic acids is 2. The van der Waals surface area contributed by atoms with Gasteiger partial charge in [0.05, 0.1) is 0 Å². The smallest absolute Gasteiger partial charge is 0.194 e. The Labute approximate surface area is 183 Å². The molecule has 0 spiro atoms. The van der Waals surface area contributed by atoms with E-state index in [9.17, 15) is 9.59 Å². The number of hydrogen-bond donors (Lipinski definition) is 0. The van der Waals surface area contributed by atoms with Crippen LogP contribution in [-0.4, -0.2) is 11.6 Å². The lowest BCUT2D eigenvalue weighted by Crippen LogP contribution is -2.20. The normalized spacial score (nSPS) is 13.8. The summed E-state index contributed by atoms with van der Waals surface area (Å²) in [6.45, 7) is 0. The fourth-order valence-electron chi connectivity index (χ4n) is 5.88. The Bertz CT molecular complexity index is 1860. The second kappa shape index (κ2) is 5.30. The standard InChI is InChI=1S/C30H14O2/c31-29-19-6-1-2-7-20(19)30(32)25-14-22-21(13-24(25)29)18-11-10-16-9-8-15-4-3-5-17-12-23(22)28(18)27(16)26(15)17/h1-14H. The van der Waals surface area contributed by atoms with Crippen molar-refractivity contribution in [1.82, 2.24) is 0 Å². The number of hydrogen-bond acceptors (Lipinski definition) is 2. The lowest BCUT2D eigenvalue weighted by molar-refractivity contribution is 0.0979. The molecule has 0 aliphatic heterocycles. The van der Waals surface area contributed by atoms with E-state index < -0.39 is 0 Å². The molecule has 32 heavy (non-hydrogen) atoms. The lowest BCUT2D eigenvalue weighted by atomic mass is 9.82. The van der Waals surface area contributed by atoms with Crippen LogP contribution in [0.3, 0.4) is 0 Å². The van der Waals surface area contributed by atoms with Crippen LogP contribution in [0.2, 0.25) is 0 Å². The maximum atomic E-state index is 13.3. The molecule has 0 bridgehead atoms. The zero-order chi connectivity index (χ0) is 21.1. The average molecular weight is 406 g/mol. The van der Waals surface area contributed by atoms with Gasteiger partial charge in [-0.15, -0.1) is 0 Å². The van der Waals surface area contributed by atoms with E-state index in [-0.39, 0.29) is 11.6 Å². The minimum absolute atomic E-state index is 0.0710. The molecule has 2 heteroatoms. The Balaban J connectivity index is 1.53. The Kier molecular flexibility index (Phi) is 2.71. The van der Waals surface area contributed by atoms with Gasteiger partial charge in [0.2, 0.25) is 0 Å². The second-order valence-corrected chi connectivity index (χ2v) is 8.80. The molecule has 0 amide bonds. The molecule has 2 aliphatic rings. The van der Waals surface area contributed by atoms with E-state index in [2.05, 4.69) is 48.5 Å². The van der Waals surface area contributed by atoms with E-state index in [0.29, 0.717) is 22.3 Å².